The molecule has 0 saturated carbocycles. The molecular weight excluding hydrogens is 468 g/mol. The third-order valence-electron chi connectivity index (χ3n) is 7.21. The molecule has 0 aliphatic heterocycles. The first-order valence-electron chi connectivity index (χ1n) is 13.4. The van der Waals surface area contributed by atoms with Crippen LogP contribution >= 0.6 is 0 Å². The van der Waals surface area contributed by atoms with Crippen molar-refractivity contribution < 1.29 is 9.47 Å². The molecule has 0 aliphatic rings. The number of nitriles is 2. The second-order valence-corrected chi connectivity index (χ2v) is 11.2. The van der Waals surface area contributed by atoms with E-state index in [1.54, 1.807) is 14.2 Å². The number of benzene rings is 3. The molecule has 0 unspecified atom stereocenters. The molecule has 0 atom stereocenters. The summed E-state index contributed by atoms with van der Waals surface area (Å²) in [6.45, 7) is 17.3. The Hall–Kier alpha value is -3.76. The van der Waals surface area contributed by atoms with Gasteiger partial charge in [-0.3, -0.25) is 0 Å². The normalized spacial score (nSPS) is 11.3. The lowest BCUT2D eigenvalue weighted by Gasteiger charge is -2.23. The topological polar surface area (TPSA) is 66.0 Å². The maximum atomic E-state index is 9.91. The lowest BCUT2D eigenvalue weighted by Crippen LogP contribution is -2.04. The second-order valence-electron chi connectivity index (χ2n) is 11.2. The van der Waals surface area contributed by atoms with Gasteiger partial charge >= 0.3 is 0 Å². The molecule has 0 aromatic heterocycles. The summed E-state index contributed by atoms with van der Waals surface area (Å²) in [5.41, 5.74) is 9.16. The Bertz CT molecular complexity index is 1250. The van der Waals surface area contributed by atoms with Gasteiger partial charge in [-0.15, -0.1) is 0 Å². The van der Waals surface area contributed by atoms with E-state index in [-0.39, 0.29) is 23.7 Å². The fourth-order valence-electron chi connectivity index (χ4n) is 5.11. The van der Waals surface area contributed by atoms with Gasteiger partial charge in [0.25, 0.3) is 0 Å². The number of hydrogen-bond donors (Lipinski definition) is 0. The molecule has 0 amide bonds. The summed E-state index contributed by atoms with van der Waals surface area (Å²) in [6.07, 6.45) is 0. The van der Waals surface area contributed by atoms with Crippen LogP contribution in [0.25, 0.3) is 22.3 Å². The van der Waals surface area contributed by atoms with Crippen LogP contribution in [0.15, 0.2) is 36.4 Å². The van der Waals surface area contributed by atoms with Crippen molar-refractivity contribution in [3.8, 4) is 45.9 Å². The van der Waals surface area contributed by atoms with Crippen LogP contribution in [-0.2, 0) is 0 Å². The highest BCUT2D eigenvalue weighted by atomic mass is 16.5. The van der Waals surface area contributed by atoms with Crippen LogP contribution in [0.1, 0.15) is 112 Å². The summed E-state index contributed by atoms with van der Waals surface area (Å²) in [6, 6.07) is 16.9. The minimum Gasteiger partial charge on any atom is -0.496 e. The zero-order chi connectivity index (χ0) is 28.3. The molecule has 0 radical (unpaired) electrons. The molecule has 0 N–H and O–H groups in total. The van der Waals surface area contributed by atoms with Gasteiger partial charge in [0.1, 0.15) is 23.6 Å². The van der Waals surface area contributed by atoms with Crippen LogP contribution in [0, 0.1) is 22.7 Å². The van der Waals surface area contributed by atoms with Gasteiger partial charge in [0.15, 0.2) is 0 Å². The molecule has 3 rings (SSSR count). The largest absolute Gasteiger partial charge is 0.496 e. The molecular formula is C34H40N2O2. The predicted octanol–water partition coefficient (Wildman–Crippen LogP) is 9.27. The van der Waals surface area contributed by atoms with Crippen molar-refractivity contribution in [1.29, 1.82) is 10.5 Å². The molecule has 0 fully saturated rings. The summed E-state index contributed by atoms with van der Waals surface area (Å²) < 4.78 is 11.8. The molecule has 0 aliphatic carbocycles. The summed E-state index contributed by atoms with van der Waals surface area (Å²) in [5.74, 6) is 2.84. The van der Waals surface area contributed by atoms with Gasteiger partial charge in [0.05, 0.1) is 25.3 Å². The zero-order valence-electron chi connectivity index (χ0n) is 24.5. The van der Waals surface area contributed by atoms with Crippen LogP contribution in [0.4, 0.5) is 0 Å². The van der Waals surface area contributed by atoms with E-state index in [1.165, 1.54) is 0 Å². The number of methoxy groups -OCH3 is 2. The third kappa shape index (κ3) is 5.41. The fourth-order valence-corrected chi connectivity index (χ4v) is 5.11. The van der Waals surface area contributed by atoms with Crippen molar-refractivity contribution in [2.24, 2.45) is 0 Å². The average molecular weight is 509 g/mol. The average Bonchev–Trinajstić information content (AvgIpc) is 2.90. The van der Waals surface area contributed by atoms with E-state index in [2.05, 4.69) is 91.8 Å². The van der Waals surface area contributed by atoms with Gasteiger partial charge in [0.2, 0.25) is 0 Å². The smallest absolute Gasteiger partial charge is 0.125 e. The van der Waals surface area contributed by atoms with Crippen molar-refractivity contribution in [3.63, 3.8) is 0 Å². The van der Waals surface area contributed by atoms with Gasteiger partial charge < -0.3 is 9.47 Å². The lowest BCUT2D eigenvalue weighted by molar-refractivity contribution is 0.400. The summed E-state index contributed by atoms with van der Waals surface area (Å²) in [4.78, 5) is 0. The minimum absolute atomic E-state index is 0.251. The molecule has 3 aromatic carbocycles. The van der Waals surface area contributed by atoms with E-state index in [1.807, 2.05) is 12.1 Å². The number of rotatable bonds is 8. The quantitative estimate of drug-likeness (QED) is 0.304. The molecule has 0 spiro atoms. The van der Waals surface area contributed by atoms with Crippen LogP contribution in [0.5, 0.6) is 11.5 Å². The van der Waals surface area contributed by atoms with Gasteiger partial charge in [-0.25, -0.2) is 0 Å². The Kier molecular flexibility index (Phi) is 8.90. The molecule has 0 heterocycles. The highest BCUT2D eigenvalue weighted by Gasteiger charge is 2.23. The van der Waals surface area contributed by atoms with Crippen molar-refractivity contribution in [2.45, 2.75) is 79.1 Å². The summed E-state index contributed by atoms with van der Waals surface area (Å²) in [7, 11) is 3.46. The molecule has 38 heavy (non-hydrogen) atoms. The van der Waals surface area contributed by atoms with Gasteiger partial charge in [-0.2, -0.15) is 10.5 Å². The third-order valence-corrected chi connectivity index (χ3v) is 7.21. The van der Waals surface area contributed by atoms with Crippen molar-refractivity contribution in [3.05, 3.63) is 69.8 Å². The molecule has 0 saturated heterocycles. The first kappa shape index (κ1) is 28.8. The van der Waals surface area contributed by atoms with Crippen molar-refractivity contribution in [2.75, 3.05) is 14.2 Å². The van der Waals surface area contributed by atoms with Gasteiger partial charge in [0, 0.05) is 0 Å². The number of hydrogen-bond acceptors (Lipinski definition) is 4. The summed E-state index contributed by atoms with van der Waals surface area (Å²) in [5, 5.41) is 19.8. The molecule has 198 valence electrons. The maximum absolute atomic E-state index is 9.91. The standard InChI is InChI=1S/C34H40N2O2/c1-19(2)27-11-23(12-28(20(3)4)33(27)37-9)31-15-25(17-35)26(18-36)16-32(31)24-13-29(21(5)6)34(38-10)30(14-24)22(7)8/h11-16,19-22H,1-10H3. The SMILES string of the molecule is COc1c(C(C)C)cc(-c2cc(C#N)c(C#N)cc2-c2cc(C(C)C)c(OC)c(C(C)C)c2)cc1C(C)C. The monoisotopic (exact) mass is 508 g/mol. The number of nitrogens with zero attached hydrogens (tertiary/aromatic N) is 2. The van der Waals surface area contributed by atoms with Crippen LogP contribution in [0.2, 0.25) is 0 Å². The summed E-state index contributed by atoms with van der Waals surface area (Å²) >= 11 is 0. The fraction of sp³-hybridized carbons (Fsp3) is 0.412. The predicted molar refractivity (Wildman–Crippen MR) is 156 cm³/mol. The van der Waals surface area contributed by atoms with E-state index < -0.39 is 0 Å². The molecule has 0 bridgehead atoms. The first-order chi connectivity index (χ1) is 18.0. The highest BCUT2D eigenvalue weighted by Crippen LogP contribution is 2.44. The Balaban J connectivity index is 2.51. The first-order valence-corrected chi connectivity index (χ1v) is 13.4. The highest BCUT2D eigenvalue weighted by molar-refractivity contribution is 5.88. The van der Waals surface area contributed by atoms with E-state index >= 15 is 0 Å². The zero-order valence-corrected chi connectivity index (χ0v) is 24.5. The Morgan fingerprint density at radius 1 is 0.500 bits per heavy atom. The molecule has 4 heteroatoms. The molecule has 3 aromatic rings. The van der Waals surface area contributed by atoms with Crippen molar-refractivity contribution >= 4 is 0 Å². The molecule has 4 nitrogen and oxygen atoms in total. The van der Waals surface area contributed by atoms with Gasteiger partial charge in [-0.1, -0.05) is 55.4 Å². The minimum atomic E-state index is 0.251. The van der Waals surface area contributed by atoms with E-state index in [0.717, 1.165) is 56.0 Å². The number of ether oxygens (including phenoxy) is 2. The maximum Gasteiger partial charge on any atom is 0.125 e. The van der Waals surface area contributed by atoms with Gasteiger partial charge in [-0.05, 0) is 105 Å². The Morgan fingerprint density at radius 3 is 0.947 bits per heavy atom. The Morgan fingerprint density at radius 2 is 0.763 bits per heavy atom. The lowest BCUT2D eigenvalue weighted by atomic mass is 9.83. The van der Waals surface area contributed by atoms with E-state index in [9.17, 15) is 10.5 Å². The van der Waals surface area contributed by atoms with Crippen LogP contribution in [0.3, 0.4) is 0 Å². The second kappa shape index (κ2) is 11.7. The van der Waals surface area contributed by atoms with Crippen molar-refractivity contribution in [1.82, 2.24) is 0 Å². The van der Waals surface area contributed by atoms with E-state index in [4.69, 9.17) is 9.47 Å². The van der Waals surface area contributed by atoms with Crippen LogP contribution in [-0.4, -0.2) is 14.2 Å². The Labute approximate surface area is 228 Å². The van der Waals surface area contributed by atoms with Crippen LogP contribution < -0.4 is 9.47 Å². The van der Waals surface area contributed by atoms with E-state index in [0.29, 0.717) is 11.1 Å².